The van der Waals surface area contributed by atoms with Gasteiger partial charge >= 0.3 is 5.97 Å². The number of aliphatic hydroxyl groups excluding tert-OH is 1. The summed E-state index contributed by atoms with van der Waals surface area (Å²) in [6.45, 7) is 0.444. The highest BCUT2D eigenvalue weighted by Crippen LogP contribution is 2.12. The lowest BCUT2D eigenvalue weighted by atomic mass is 10.1. The number of furan rings is 1. The van der Waals surface area contributed by atoms with Gasteiger partial charge in [0.25, 0.3) is 0 Å². The molecule has 0 aliphatic rings. The predicted molar refractivity (Wildman–Crippen MR) is 77.9 cm³/mol. The van der Waals surface area contributed by atoms with Crippen LogP contribution in [0, 0.1) is 0 Å². The third-order valence-corrected chi connectivity index (χ3v) is 3.24. The first-order chi connectivity index (χ1) is 10.2. The molecular weight excluding hydrogens is 270 g/mol. The summed E-state index contributed by atoms with van der Waals surface area (Å²) >= 11 is 0. The van der Waals surface area contributed by atoms with Crippen LogP contribution >= 0.6 is 0 Å². The minimum atomic E-state index is -0.500. The number of hydrogen-bond donors (Lipinski definition) is 2. The number of benzene rings is 1. The van der Waals surface area contributed by atoms with Crippen LogP contribution in [0.25, 0.3) is 0 Å². The number of esters is 1. The van der Waals surface area contributed by atoms with E-state index in [1.54, 1.807) is 6.07 Å². The van der Waals surface area contributed by atoms with Crippen LogP contribution in [0.1, 0.15) is 21.7 Å². The molecule has 2 rings (SSSR count). The Kier molecular flexibility index (Phi) is 5.54. The number of methoxy groups -OCH3 is 1. The molecule has 1 aromatic heterocycles. The van der Waals surface area contributed by atoms with Gasteiger partial charge in [0.05, 0.1) is 20.0 Å². The molecule has 5 heteroatoms. The van der Waals surface area contributed by atoms with Gasteiger partial charge in [-0.1, -0.05) is 30.3 Å². The largest absolute Gasteiger partial charge is 0.463 e. The van der Waals surface area contributed by atoms with Gasteiger partial charge in [0, 0.05) is 18.2 Å². The molecule has 2 aromatic rings. The highest BCUT2D eigenvalue weighted by molar-refractivity contribution is 5.87. The van der Waals surface area contributed by atoms with E-state index in [0.29, 0.717) is 18.5 Å². The zero-order valence-electron chi connectivity index (χ0n) is 11.9. The van der Waals surface area contributed by atoms with Gasteiger partial charge in [-0.15, -0.1) is 0 Å². The van der Waals surface area contributed by atoms with Crippen molar-refractivity contribution in [2.45, 2.75) is 19.0 Å². The van der Waals surface area contributed by atoms with Crippen molar-refractivity contribution >= 4 is 5.97 Å². The molecule has 0 bridgehead atoms. The fourth-order valence-electron chi connectivity index (χ4n) is 2.10. The average molecular weight is 289 g/mol. The van der Waals surface area contributed by atoms with Crippen LogP contribution in [-0.2, 0) is 17.7 Å². The molecule has 1 heterocycles. The van der Waals surface area contributed by atoms with E-state index in [9.17, 15) is 9.90 Å². The van der Waals surface area contributed by atoms with Gasteiger partial charge in [0.2, 0.25) is 5.76 Å². The molecule has 0 aliphatic heterocycles. The summed E-state index contributed by atoms with van der Waals surface area (Å²) < 4.78 is 9.78. The third-order valence-electron chi connectivity index (χ3n) is 3.24. The second kappa shape index (κ2) is 7.61. The first-order valence-corrected chi connectivity index (χ1v) is 6.77. The smallest absolute Gasteiger partial charge is 0.374 e. The second-order valence-corrected chi connectivity index (χ2v) is 4.72. The molecule has 0 amide bonds. The van der Waals surface area contributed by atoms with Crippen molar-refractivity contribution in [3.8, 4) is 0 Å². The summed E-state index contributed by atoms with van der Waals surface area (Å²) in [7, 11) is 1.31. The summed E-state index contributed by atoms with van der Waals surface area (Å²) in [5, 5.41) is 12.7. The fourth-order valence-corrected chi connectivity index (χ4v) is 2.10. The minimum Gasteiger partial charge on any atom is -0.463 e. The predicted octanol–water partition coefficient (Wildman–Crippen LogP) is 1.76. The molecule has 0 fully saturated rings. The maximum Gasteiger partial charge on any atom is 0.374 e. The summed E-state index contributed by atoms with van der Waals surface area (Å²) in [5.74, 6) is -0.304. The zero-order valence-corrected chi connectivity index (χ0v) is 11.9. The van der Waals surface area contributed by atoms with Crippen LogP contribution in [0.2, 0.25) is 0 Å². The van der Waals surface area contributed by atoms with Gasteiger partial charge in [0.1, 0.15) is 0 Å². The number of rotatable bonds is 7. The van der Waals surface area contributed by atoms with E-state index in [0.717, 1.165) is 5.56 Å². The van der Waals surface area contributed by atoms with Gasteiger partial charge in [-0.3, -0.25) is 0 Å². The molecule has 21 heavy (non-hydrogen) atoms. The standard InChI is InChI=1S/C16H19NO4/c1-20-16(19)15-13(7-8-21-15)10-17-14(11-18)9-12-5-3-2-4-6-12/h2-8,14,17-18H,9-11H2,1H3. The number of ether oxygens (including phenoxy) is 1. The van der Waals surface area contributed by atoms with Gasteiger partial charge in [-0.2, -0.15) is 0 Å². The monoisotopic (exact) mass is 289 g/mol. The van der Waals surface area contributed by atoms with Crippen molar-refractivity contribution in [1.29, 1.82) is 0 Å². The van der Waals surface area contributed by atoms with E-state index < -0.39 is 5.97 Å². The van der Waals surface area contributed by atoms with E-state index in [2.05, 4.69) is 10.1 Å². The SMILES string of the molecule is COC(=O)c1occc1CNC(CO)Cc1ccccc1. The van der Waals surface area contributed by atoms with Crippen molar-refractivity contribution in [3.05, 3.63) is 59.5 Å². The summed E-state index contributed by atoms with van der Waals surface area (Å²) in [6, 6.07) is 11.6. The lowest BCUT2D eigenvalue weighted by Gasteiger charge is -2.16. The summed E-state index contributed by atoms with van der Waals surface area (Å²) in [5.41, 5.74) is 1.86. The third kappa shape index (κ3) is 4.18. The quantitative estimate of drug-likeness (QED) is 0.760. The maximum atomic E-state index is 11.5. The molecule has 5 nitrogen and oxygen atoms in total. The van der Waals surface area contributed by atoms with E-state index in [1.807, 2.05) is 30.3 Å². The molecule has 1 atom stereocenters. The maximum absolute atomic E-state index is 11.5. The van der Waals surface area contributed by atoms with E-state index in [-0.39, 0.29) is 18.4 Å². The molecule has 1 aromatic carbocycles. The van der Waals surface area contributed by atoms with Crippen LogP contribution in [0.3, 0.4) is 0 Å². The fraction of sp³-hybridized carbons (Fsp3) is 0.312. The number of nitrogens with one attached hydrogen (secondary N) is 1. The topological polar surface area (TPSA) is 71.7 Å². The minimum absolute atomic E-state index is 0.0142. The van der Waals surface area contributed by atoms with Crippen molar-refractivity contribution in [1.82, 2.24) is 5.32 Å². The first-order valence-electron chi connectivity index (χ1n) is 6.77. The van der Waals surface area contributed by atoms with Gasteiger partial charge in [0.15, 0.2) is 0 Å². The molecule has 0 saturated heterocycles. The Bertz CT molecular complexity index is 565. The average Bonchev–Trinajstić information content (AvgIpc) is 3.00. The van der Waals surface area contributed by atoms with Crippen LogP contribution in [-0.4, -0.2) is 30.8 Å². The van der Waals surface area contributed by atoms with Crippen LogP contribution in [0.15, 0.2) is 47.1 Å². The van der Waals surface area contributed by atoms with Crippen LogP contribution in [0.4, 0.5) is 0 Å². The summed E-state index contributed by atoms with van der Waals surface area (Å²) in [4.78, 5) is 11.5. The summed E-state index contributed by atoms with van der Waals surface area (Å²) in [6.07, 6.45) is 2.16. The molecule has 2 N–H and O–H groups in total. The van der Waals surface area contributed by atoms with E-state index in [1.165, 1.54) is 13.4 Å². The normalized spacial score (nSPS) is 12.1. The van der Waals surface area contributed by atoms with E-state index >= 15 is 0 Å². The molecule has 1 unspecified atom stereocenters. The first kappa shape index (κ1) is 15.3. The van der Waals surface area contributed by atoms with Gasteiger partial charge in [-0.05, 0) is 18.1 Å². The molecule has 0 saturated carbocycles. The highest BCUT2D eigenvalue weighted by atomic mass is 16.5. The number of carbonyl (C=O) groups excluding carboxylic acids is 1. The van der Waals surface area contributed by atoms with Crippen molar-refractivity contribution in [2.75, 3.05) is 13.7 Å². The molecule has 0 spiro atoms. The van der Waals surface area contributed by atoms with Crippen molar-refractivity contribution in [3.63, 3.8) is 0 Å². The molecule has 0 aliphatic carbocycles. The number of carbonyl (C=O) groups is 1. The van der Waals surface area contributed by atoms with Crippen molar-refractivity contribution < 1.29 is 19.1 Å². The van der Waals surface area contributed by atoms with Crippen LogP contribution in [0.5, 0.6) is 0 Å². The van der Waals surface area contributed by atoms with Crippen LogP contribution < -0.4 is 5.32 Å². The molecule has 0 radical (unpaired) electrons. The number of hydrogen-bond acceptors (Lipinski definition) is 5. The molecular formula is C16H19NO4. The Hall–Kier alpha value is -2.11. The number of aliphatic hydroxyl groups is 1. The Balaban J connectivity index is 1.94. The highest BCUT2D eigenvalue weighted by Gasteiger charge is 2.17. The Morgan fingerprint density at radius 3 is 2.76 bits per heavy atom. The zero-order chi connectivity index (χ0) is 15.1. The Morgan fingerprint density at radius 1 is 1.33 bits per heavy atom. The molecule has 112 valence electrons. The van der Waals surface area contributed by atoms with E-state index in [4.69, 9.17) is 4.42 Å². The van der Waals surface area contributed by atoms with Gasteiger partial charge in [-0.25, -0.2) is 4.79 Å². The van der Waals surface area contributed by atoms with Crippen molar-refractivity contribution in [2.24, 2.45) is 0 Å². The Labute approximate surface area is 123 Å². The lowest BCUT2D eigenvalue weighted by molar-refractivity contribution is 0.0563. The second-order valence-electron chi connectivity index (χ2n) is 4.72. The Morgan fingerprint density at radius 2 is 2.10 bits per heavy atom. The lowest BCUT2D eigenvalue weighted by Crippen LogP contribution is -2.34. The van der Waals surface area contributed by atoms with Gasteiger partial charge < -0.3 is 19.6 Å².